The first-order chi connectivity index (χ1) is 8.53. The van der Waals surface area contributed by atoms with Crippen molar-refractivity contribution in [1.29, 1.82) is 0 Å². The van der Waals surface area contributed by atoms with Gasteiger partial charge in [0.05, 0.1) is 12.1 Å². The highest BCUT2D eigenvalue weighted by molar-refractivity contribution is 5.07. The molecule has 1 heterocycles. The van der Waals surface area contributed by atoms with Crippen LogP contribution in [0.4, 0.5) is 0 Å². The lowest BCUT2D eigenvalue weighted by molar-refractivity contribution is 0.0945. The second-order valence-electron chi connectivity index (χ2n) is 7.63. The average molecular weight is 252 g/mol. The molecule has 3 nitrogen and oxygen atoms in total. The number of hydrogen-bond donors (Lipinski definition) is 2. The molecule has 1 saturated heterocycles. The number of hydrogen-bond acceptors (Lipinski definition) is 3. The summed E-state index contributed by atoms with van der Waals surface area (Å²) in [6.45, 7) is 8.47. The van der Waals surface area contributed by atoms with E-state index in [9.17, 15) is 5.11 Å². The first-order valence-electron chi connectivity index (χ1n) is 7.64. The average Bonchev–Trinajstić information content (AvgIpc) is 3.18. The first-order valence-corrected chi connectivity index (χ1v) is 7.64. The summed E-state index contributed by atoms with van der Waals surface area (Å²) in [7, 11) is 0. The molecule has 1 unspecified atom stereocenters. The van der Waals surface area contributed by atoms with Crippen LogP contribution in [0.3, 0.4) is 0 Å². The van der Waals surface area contributed by atoms with E-state index in [4.69, 9.17) is 0 Å². The molecule has 18 heavy (non-hydrogen) atoms. The van der Waals surface area contributed by atoms with Gasteiger partial charge in [-0.15, -0.1) is 0 Å². The predicted octanol–water partition coefficient (Wildman–Crippen LogP) is 1.61. The summed E-state index contributed by atoms with van der Waals surface area (Å²) >= 11 is 0. The Hall–Kier alpha value is -0.120. The molecule has 1 aliphatic heterocycles. The van der Waals surface area contributed by atoms with Crippen LogP contribution in [0.1, 0.15) is 46.0 Å². The second-order valence-corrected chi connectivity index (χ2v) is 7.63. The van der Waals surface area contributed by atoms with Crippen molar-refractivity contribution in [3.63, 3.8) is 0 Å². The highest BCUT2D eigenvalue weighted by Crippen LogP contribution is 2.43. The summed E-state index contributed by atoms with van der Waals surface area (Å²) in [4.78, 5) is 2.57. The summed E-state index contributed by atoms with van der Waals surface area (Å²) in [5.41, 5.74) is 0.464. The SMILES string of the molecule is CC1(C)CCN(CC(CO)(NC2CC2)C2CC2)C1. The van der Waals surface area contributed by atoms with Crippen LogP contribution in [0, 0.1) is 11.3 Å². The number of aliphatic hydroxyl groups excluding tert-OH is 1. The lowest BCUT2D eigenvalue weighted by Gasteiger charge is -2.37. The van der Waals surface area contributed by atoms with Gasteiger partial charge in [0, 0.05) is 19.1 Å². The summed E-state index contributed by atoms with van der Waals surface area (Å²) in [5.74, 6) is 0.715. The molecule has 0 amide bonds. The minimum Gasteiger partial charge on any atom is -0.394 e. The van der Waals surface area contributed by atoms with Crippen LogP contribution >= 0.6 is 0 Å². The van der Waals surface area contributed by atoms with E-state index < -0.39 is 0 Å². The Morgan fingerprint density at radius 2 is 2.00 bits per heavy atom. The first kappa shape index (κ1) is 12.9. The predicted molar refractivity (Wildman–Crippen MR) is 73.5 cm³/mol. The Kier molecular flexibility index (Phi) is 3.20. The summed E-state index contributed by atoms with van der Waals surface area (Å²) in [5, 5.41) is 13.7. The van der Waals surface area contributed by atoms with Crippen LogP contribution in [0.15, 0.2) is 0 Å². The van der Waals surface area contributed by atoms with Crippen LogP contribution in [0.25, 0.3) is 0 Å². The van der Waals surface area contributed by atoms with Gasteiger partial charge in [-0.05, 0) is 50.0 Å². The van der Waals surface area contributed by atoms with Gasteiger partial charge in [-0.3, -0.25) is 0 Å². The largest absolute Gasteiger partial charge is 0.394 e. The molecule has 0 aromatic carbocycles. The maximum Gasteiger partial charge on any atom is 0.0628 e. The molecule has 3 rings (SSSR count). The quantitative estimate of drug-likeness (QED) is 0.754. The van der Waals surface area contributed by atoms with Crippen LogP contribution in [0.2, 0.25) is 0 Å². The molecule has 0 bridgehead atoms. The fourth-order valence-electron chi connectivity index (χ4n) is 3.55. The Morgan fingerprint density at radius 3 is 2.44 bits per heavy atom. The highest BCUT2D eigenvalue weighted by atomic mass is 16.3. The Bertz CT molecular complexity index is 310. The Morgan fingerprint density at radius 1 is 1.28 bits per heavy atom. The molecule has 3 aliphatic rings. The number of likely N-dealkylation sites (tertiary alicyclic amines) is 1. The van der Waals surface area contributed by atoms with Crippen molar-refractivity contribution in [2.75, 3.05) is 26.2 Å². The Balaban J connectivity index is 1.65. The van der Waals surface area contributed by atoms with Crippen LogP contribution in [-0.2, 0) is 0 Å². The molecule has 3 heteroatoms. The van der Waals surface area contributed by atoms with Crippen molar-refractivity contribution < 1.29 is 5.11 Å². The van der Waals surface area contributed by atoms with Gasteiger partial charge in [-0.25, -0.2) is 0 Å². The van der Waals surface area contributed by atoms with E-state index >= 15 is 0 Å². The van der Waals surface area contributed by atoms with Crippen LogP contribution in [-0.4, -0.2) is 47.8 Å². The van der Waals surface area contributed by atoms with Gasteiger partial charge >= 0.3 is 0 Å². The molecular formula is C15H28N2O. The molecule has 2 aliphatic carbocycles. The molecular weight excluding hydrogens is 224 g/mol. The lowest BCUT2D eigenvalue weighted by Crippen LogP contribution is -2.58. The lowest BCUT2D eigenvalue weighted by atomic mass is 9.91. The summed E-state index contributed by atoms with van der Waals surface area (Å²) < 4.78 is 0. The summed E-state index contributed by atoms with van der Waals surface area (Å²) in [6, 6.07) is 0.688. The number of aliphatic hydroxyl groups is 1. The molecule has 0 radical (unpaired) electrons. The van der Waals surface area contributed by atoms with Crippen molar-refractivity contribution in [2.24, 2.45) is 11.3 Å². The third kappa shape index (κ3) is 2.73. The topological polar surface area (TPSA) is 35.5 Å². The van der Waals surface area contributed by atoms with Crippen molar-refractivity contribution in [1.82, 2.24) is 10.2 Å². The van der Waals surface area contributed by atoms with Crippen molar-refractivity contribution in [2.45, 2.75) is 57.5 Å². The van der Waals surface area contributed by atoms with E-state index in [1.165, 1.54) is 45.2 Å². The van der Waals surface area contributed by atoms with Gasteiger partial charge < -0.3 is 15.3 Å². The molecule has 2 N–H and O–H groups in total. The third-order valence-corrected chi connectivity index (χ3v) is 4.97. The molecule has 2 saturated carbocycles. The molecule has 1 atom stereocenters. The van der Waals surface area contributed by atoms with Crippen molar-refractivity contribution in [3.8, 4) is 0 Å². The fourth-order valence-corrected chi connectivity index (χ4v) is 3.55. The smallest absolute Gasteiger partial charge is 0.0628 e. The zero-order valence-corrected chi connectivity index (χ0v) is 11.9. The highest BCUT2D eigenvalue weighted by Gasteiger charge is 2.49. The van der Waals surface area contributed by atoms with Crippen LogP contribution in [0.5, 0.6) is 0 Å². The minimum absolute atomic E-state index is 0.00157. The zero-order valence-electron chi connectivity index (χ0n) is 11.9. The third-order valence-electron chi connectivity index (χ3n) is 4.97. The normalized spacial score (nSPS) is 31.5. The zero-order chi connectivity index (χ0) is 12.8. The number of nitrogens with one attached hydrogen (secondary N) is 1. The maximum absolute atomic E-state index is 9.96. The second kappa shape index (κ2) is 4.46. The molecule has 0 aromatic rings. The summed E-state index contributed by atoms with van der Waals surface area (Å²) in [6.07, 6.45) is 6.51. The minimum atomic E-state index is 0.00157. The number of nitrogens with zero attached hydrogens (tertiary/aromatic N) is 1. The van der Waals surface area contributed by atoms with Gasteiger partial charge in [-0.1, -0.05) is 13.8 Å². The Labute approximate surface area is 111 Å². The standard InChI is InChI=1S/C15H28N2O/c1-14(2)7-8-17(9-14)10-15(11-18,12-3-4-12)16-13-5-6-13/h12-13,16,18H,3-11H2,1-2H3. The van der Waals surface area contributed by atoms with Crippen molar-refractivity contribution in [3.05, 3.63) is 0 Å². The van der Waals surface area contributed by atoms with E-state index in [-0.39, 0.29) is 5.54 Å². The van der Waals surface area contributed by atoms with Gasteiger partial charge in [0.1, 0.15) is 0 Å². The molecule has 0 spiro atoms. The van der Waals surface area contributed by atoms with Gasteiger partial charge in [0.25, 0.3) is 0 Å². The molecule has 104 valence electrons. The van der Waals surface area contributed by atoms with E-state index in [2.05, 4.69) is 24.1 Å². The van der Waals surface area contributed by atoms with Gasteiger partial charge in [-0.2, -0.15) is 0 Å². The maximum atomic E-state index is 9.96. The van der Waals surface area contributed by atoms with E-state index in [0.29, 0.717) is 24.0 Å². The fraction of sp³-hybridized carbons (Fsp3) is 1.00. The molecule has 0 aromatic heterocycles. The van der Waals surface area contributed by atoms with Crippen molar-refractivity contribution >= 4 is 0 Å². The molecule has 3 fully saturated rings. The van der Waals surface area contributed by atoms with Gasteiger partial charge in [0.15, 0.2) is 0 Å². The van der Waals surface area contributed by atoms with E-state index in [1.807, 2.05) is 0 Å². The monoisotopic (exact) mass is 252 g/mol. The van der Waals surface area contributed by atoms with Gasteiger partial charge in [0.2, 0.25) is 0 Å². The van der Waals surface area contributed by atoms with E-state index in [1.54, 1.807) is 0 Å². The van der Waals surface area contributed by atoms with Crippen LogP contribution < -0.4 is 5.32 Å². The number of rotatable bonds is 6. The van der Waals surface area contributed by atoms with E-state index in [0.717, 1.165) is 6.54 Å².